The molecule has 1 aromatic rings. The summed E-state index contributed by atoms with van der Waals surface area (Å²) in [6.45, 7) is 1.85. The van der Waals surface area contributed by atoms with E-state index in [0.717, 1.165) is 22.7 Å². The van der Waals surface area contributed by atoms with Crippen molar-refractivity contribution in [3.8, 4) is 0 Å². The standard InChI is InChI=1S/C19H23F3N4O2S/c1-12-6-4-9-16(26(23)18(27)24-2)15(12)11-28-25-17(29-3)13-7-5-8-14(10-13)19(20,21)22/h4-6,8-10,13H,7,11,23H2,1-3H3,(H,24,27). The molecule has 0 heterocycles. The van der Waals surface area contributed by atoms with Crippen LogP contribution in [0.2, 0.25) is 0 Å². The number of nitrogens with two attached hydrogens (primary N) is 1. The topological polar surface area (TPSA) is 80.0 Å². The molecule has 2 rings (SSSR count). The Morgan fingerprint density at radius 1 is 1.45 bits per heavy atom. The summed E-state index contributed by atoms with van der Waals surface area (Å²) in [6, 6.07) is 4.77. The van der Waals surface area contributed by atoms with Crippen molar-refractivity contribution in [3.63, 3.8) is 0 Å². The fourth-order valence-corrected chi connectivity index (χ4v) is 3.38. The number of amides is 2. The van der Waals surface area contributed by atoms with E-state index in [-0.39, 0.29) is 6.61 Å². The zero-order chi connectivity index (χ0) is 21.6. The molecule has 1 aliphatic rings. The van der Waals surface area contributed by atoms with Crippen molar-refractivity contribution in [2.24, 2.45) is 16.9 Å². The van der Waals surface area contributed by atoms with Crippen molar-refractivity contribution in [2.45, 2.75) is 26.1 Å². The number of thioether (sulfide) groups is 1. The van der Waals surface area contributed by atoms with E-state index in [9.17, 15) is 18.0 Å². The smallest absolute Gasteiger partial charge is 0.390 e. The van der Waals surface area contributed by atoms with Gasteiger partial charge in [-0.1, -0.05) is 35.5 Å². The van der Waals surface area contributed by atoms with Crippen LogP contribution in [0.3, 0.4) is 0 Å². The fourth-order valence-electron chi connectivity index (χ4n) is 2.79. The number of carbonyl (C=O) groups is 1. The Bertz CT molecular complexity index is 837. The zero-order valence-electron chi connectivity index (χ0n) is 16.3. The highest BCUT2D eigenvalue weighted by molar-refractivity contribution is 8.13. The summed E-state index contributed by atoms with van der Waals surface area (Å²) in [5.41, 5.74) is 1.24. The lowest BCUT2D eigenvalue weighted by atomic mass is 9.97. The second-order valence-electron chi connectivity index (χ2n) is 6.27. The van der Waals surface area contributed by atoms with Gasteiger partial charge in [-0.25, -0.2) is 15.6 Å². The molecule has 0 aliphatic heterocycles. The fraction of sp³-hybridized carbons (Fsp3) is 0.368. The normalized spacial score (nSPS) is 17.0. The number of alkyl halides is 3. The van der Waals surface area contributed by atoms with Crippen molar-refractivity contribution in [1.82, 2.24) is 5.32 Å². The van der Waals surface area contributed by atoms with Crippen LogP contribution in [0, 0.1) is 12.8 Å². The Balaban J connectivity index is 2.19. The van der Waals surface area contributed by atoms with E-state index in [1.54, 1.807) is 18.4 Å². The number of carbonyl (C=O) groups excluding carboxylic acids is 1. The Morgan fingerprint density at radius 3 is 2.79 bits per heavy atom. The molecule has 0 radical (unpaired) electrons. The molecule has 1 aliphatic carbocycles. The van der Waals surface area contributed by atoms with E-state index in [2.05, 4.69) is 10.5 Å². The molecule has 3 N–H and O–H groups in total. The highest BCUT2D eigenvalue weighted by atomic mass is 32.2. The van der Waals surface area contributed by atoms with E-state index in [1.807, 2.05) is 13.0 Å². The van der Waals surface area contributed by atoms with Crippen LogP contribution in [-0.2, 0) is 11.4 Å². The van der Waals surface area contributed by atoms with Crippen molar-refractivity contribution in [3.05, 3.63) is 53.1 Å². The lowest BCUT2D eigenvalue weighted by Crippen LogP contribution is -2.44. The molecule has 1 unspecified atom stereocenters. The van der Waals surface area contributed by atoms with Crippen molar-refractivity contribution >= 4 is 28.5 Å². The van der Waals surface area contributed by atoms with Crippen LogP contribution in [0.4, 0.5) is 23.7 Å². The molecule has 6 nitrogen and oxygen atoms in total. The van der Waals surface area contributed by atoms with Crippen LogP contribution < -0.4 is 16.2 Å². The summed E-state index contributed by atoms with van der Waals surface area (Å²) < 4.78 is 38.9. The van der Waals surface area contributed by atoms with Crippen LogP contribution in [0.15, 0.2) is 47.2 Å². The Kier molecular flexibility index (Phi) is 7.74. The summed E-state index contributed by atoms with van der Waals surface area (Å²) in [4.78, 5) is 17.3. The maximum Gasteiger partial charge on any atom is 0.416 e. The SMILES string of the molecule is CNC(=O)N(N)c1cccc(C)c1CON=C(SC)C1C=C(C(F)(F)F)C=CC1. The number of hydrazine groups is 1. The molecule has 0 fully saturated rings. The van der Waals surface area contributed by atoms with E-state index in [1.165, 1.54) is 24.9 Å². The van der Waals surface area contributed by atoms with Gasteiger partial charge < -0.3 is 10.2 Å². The molecule has 1 aromatic carbocycles. The number of halogens is 3. The number of anilines is 1. The number of hydrogen-bond donors (Lipinski definition) is 2. The molecule has 2 amide bonds. The van der Waals surface area contributed by atoms with E-state index < -0.39 is 23.7 Å². The van der Waals surface area contributed by atoms with E-state index in [4.69, 9.17) is 10.7 Å². The van der Waals surface area contributed by atoms with Gasteiger partial charge in [0.2, 0.25) is 0 Å². The molecule has 0 spiro atoms. The predicted octanol–water partition coefficient (Wildman–Crippen LogP) is 4.27. The van der Waals surface area contributed by atoms with Gasteiger partial charge in [0.05, 0.1) is 11.3 Å². The average molecular weight is 428 g/mol. The number of rotatable bonds is 5. The third-order valence-corrected chi connectivity index (χ3v) is 5.16. The van der Waals surface area contributed by atoms with Gasteiger partial charge in [-0.2, -0.15) is 13.2 Å². The Labute approximate surface area is 171 Å². The Hall–Kier alpha value is -2.46. The lowest BCUT2D eigenvalue weighted by molar-refractivity contribution is -0.0887. The summed E-state index contributed by atoms with van der Waals surface area (Å²) in [6.07, 6.45) is 1.45. The lowest BCUT2D eigenvalue weighted by Gasteiger charge is -2.21. The van der Waals surface area contributed by atoms with E-state index >= 15 is 0 Å². The van der Waals surface area contributed by atoms with Crippen LogP contribution in [0.25, 0.3) is 0 Å². The first-order chi connectivity index (χ1) is 13.7. The molecule has 0 saturated heterocycles. The minimum atomic E-state index is -4.40. The number of oxime groups is 1. The molecule has 0 aromatic heterocycles. The van der Waals surface area contributed by atoms with Crippen LogP contribution in [-0.4, -0.2) is 30.6 Å². The second kappa shape index (κ2) is 9.84. The summed E-state index contributed by atoms with van der Waals surface area (Å²) in [5.74, 6) is 5.34. The maximum atomic E-state index is 13.0. The predicted molar refractivity (Wildman–Crippen MR) is 109 cm³/mol. The molecule has 29 heavy (non-hydrogen) atoms. The summed E-state index contributed by atoms with van der Waals surface area (Å²) >= 11 is 1.23. The second-order valence-corrected chi connectivity index (χ2v) is 7.10. The van der Waals surface area contributed by atoms with Gasteiger partial charge in [-0.3, -0.25) is 0 Å². The van der Waals surface area contributed by atoms with E-state index in [0.29, 0.717) is 22.7 Å². The third kappa shape index (κ3) is 5.77. The highest BCUT2D eigenvalue weighted by Gasteiger charge is 2.34. The van der Waals surface area contributed by atoms with Gasteiger partial charge in [-0.15, -0.1) is 11.8 Å². The maximum absolute atomic E-state index is 13.0. The largest absolute Gasteiger partial charge is 0.416 e. The van der Waals surface area contributed by atoms with Crippen molar-refractivity contribution < 1.29 is 22.8 Å². The molecule has 1 atom stereocenters. The number of nitrogens with one attached hydrogen (secondary N) is 1. The number of nitrogens with zero attached hydrogens (tertiary/aromatic N) is 2. The first-order valence-electron chi connectivity index (χ1n) is 8.73. The molecular formula is C19H23F3N4O2S. The number of aryl methyl sites for hydroxylation is 1. The van der Waals surface area contributed by atoms with Gasteiger partial charge in [0.1, 0.15) is 11.7 Å². The monoisotopic (exact) mass is 428 g/mol. The first kappa shape index (κ1) is 22.8. The van der Waals surface area contributed by atoms with Crippen LogP contribution in [0.1, 0.15) is 17.5 Å². The van der Waals surface area contributed by atoms with Crippen molar-refractivity contribution in [1.29, 1.82) is 0 Å². The van der Waals surface area contributed by atoms with Crippen molar-refractivity contribution in [2.75, 3.05) is 18.3 Å². The molecule has 158 valence electrons. The van der Waals surface area contributed by atoms with Gasteiger partial charge in [-0.05, 0) is 31.2 Å². The molecule has 0 bridgehead atoms. The van der Waals surface area contributed by atoms with Crippen LogP contribution >= 0.6 is 11.8 Å². The van der Waals surface area contributed by atoms with Crippen LogP contribution in [0.5, 0.6) is 0 Å². The first-order valence-corrected chi connectivity index (χ1v) is 9.96. The van der Waals surface area contributed by atoms with Gasteiger partial charge in [0.15, 0.2) is 0 Å². The molecule has 0 saturated carbocycles. The number of hydrogen-bond acceptors (Lipinski definition) is 5. The third-order valence-electron chi connectivity index (χ3n) is 4.36. The minimum absolute atomic E-state index is 0.00909. The Morgan fingerprint density at radius 2 is 2.17 bits per heavy atom. The molecular weight excluding hydrogens is 405 g/mol. The van der Waals surface area contributed by atoms with Gasteiger partial charge in [0.25, 0.3) is 0 Å². The number of urea groups is 1. The molecule has 10 heteroatoms. The zero-order valence-corrected chi connectivity index (χ0v) is 17.1. The number of allylic oxidation sites excluding steroid dienone is 4. The van der Waals surface area contributed by atoms with Gasteiger partial charge in [0, 0.05) is 18.5 Å². The van der Waals surface area contributed by atoms with Gasteiger partial charge >= 0.3 is 12.2 Å². The summed E-state index contributed by atoms with van der Waals surface area (Å²) in [7, 11) is 1.46. The highest BCUT2D eigenvalue weighted by Crippen LogP contribution is 2.33. The minimum Gasteiger partial charge on any atom is -0.390 e. The summed E-state index contributed by atoms with van der Waals surface area (Å²) in [5, 5.41) is 7.90. The quantitative estimate of drug-likeness (QED) is 0.241. The number of benzene rings is 1. The average Bonchev–Trinajstić information content (AvgIpc) is 2.70.